The molecule has 0 aliphatic carbocycles. The number of rotatable bonds is 3. The molecular formula is C9H8BrFO3. The van der Waals surface area contributed by atoms with E-state index >= 15 is 0 Å². The maximum Gasteiger partial charge on any atom is 0.307 e. The van der Waals surface area contributed by atoms with Gasteiger partial charge in [-0.05, 0) is 22.0 Å². The molecule has 14 heavy (non-hydrogen) atoms. The predicted molar refractivity (Wildman–Crippen MR) is 52.0 cm³/mol. The van der Waals surface area contributed by atoms with E-state index in [-0.39, 0.29) is 16.6 Å². The van der Waals surface area contributed by atoms with E-state index in [0.717, 1.165) is 6.07 Å². The molecule has 0 unspecified atom stereocenters. The number of halogens is 2. The first-order valence-corrected chi connectivity index (χ1v) is 4.57. The van der Waals surface area contributed by atoms with Crippen LogP contribution in [0.3, 0.4) is 0 Å². The Balaban J connectivity index is 3.13. The van der Waals surface area contributed by atoms with Crippen LogP contribution in [0.15, 0.2) is 16.6 Å². The second-order valence-electron chi connectivity index (χ2n) is 2.65. The molecule has 0 amide bonds. The lowest BCUT2D eigenvalue weighted by atomic mass is 10.1. The molecule has 0 spiro atoms. The highest BCUT2D eigenvalue weighted by Gasteiger charge is 2.11. The third-order valence-corrected chi connectivity index (χ3v) is 2.27. The van der Waals surface area contributed by atoms with Crippen LogP contribution in [-0.4, -0.2) is 18.2 Å². The number of methoxy groups -OCH3 is 1. The maximum atomic E-state index is 13.0. The Bertz CT molecular complexity index is 365. The van der Waals surface area contributed by atoms with Gasteiger partial charge in [0.05, 0.1) is 18.0 Å². The molecule has 0 radical (unpaired) electrons. The Morgan fingerprint density at radius 2 is 2.29 bits per heavy atom. The summed E-state index contributed by atoms with van der Waals surface area (Å²) in [6, 6.07) is 2.56. The van der Waals surface area contributed by atoms with Crippen LogP contribution in [-0.2, 0) is 11.2 Å². The molecule has 1 N–H and O–H groups in total. The molecule has 0 saturated carbocycles. The van der Waals surface area contributed by atoms with Crippen molar-refractivity contribution in [2.45, 2.75) is 6.42 Å². The molecule has 3 nitrogen and oxygen atoms in total. The quantitative estimate of drug-likeness (QED) is 0.909. The highest BCUT2D eigenvalue weighted by Crippen LogP contribution is 2.26. The smallest absolute Gasteiger partial charge is 0.307 e. The summed E-state index contributed by atoms with van der Waals surface area (Å²) in [5.74, 6) is -1.22. The zero-order valence-corrected chi connectivity index (χ0v) is 8.97. The lowest BCUT2D eigenvalue weighted by Gasteiger charge is -2.07. The topological polar surface area (TPSA) is 46.5 Å². The zero-order chi connectivity index (χ0) is 10.7. The van der Waals surface area contributed by atoms with Gasteiger partial charge in [-0.25, -0.2) is 4.39 Å². The van der Waals surface area contributed by atoms with Crippen molar-refractivity contribution in [1.29, 1.82) is 0 Å². The number of carboxylic acid groups (broad SMARTS) is 1. The van der Waals surface area contributed by atoms with Crippen LogP contribution >= 0.6 is 15.9 Å². The van der Waals surface area contributed by atoms with Gasteiger partial charge in [0.15, 0.2) is 0 Å². The SMILES string of the molecule is COc1cc(F)c(Br)cc1CC(=O)O. The summed E-state index contributed by atoms with van der Waals surface area (Å²) < 4.78 is 18.1. The van der Waals surface area contributed by atoms with Crippen LogP contribution < -0.4 is 4.74 Å². The predicted octanol–water partition coefficient (Wildman–Crippen LogP) is 2.22. The third kappa shape index (κ3) is 2.45. The molecule has 5 heteroatoms. The van der Waals surface area contributed by atoms with E-state index in [0.29, 0.717) is 5.56 Å². The van der Waals surface area contributed by atoms with Crippen molar-refractivity contribution in [2.24, 2.45) is 0 Å². The summed E-state index contributed by atoms with van der Waals surface area (Å²) >= 11 is 2.98. The fraction of sp³-hybridized carbons (Fsp3) is 0.222. The first-order chi connectivity index (χ1) is 6.54. The molecular weight excluding hydrogens is 255 g/mol. The van der Waals surface area contributed by atoms with Crippen LogP contribution in [0.1, 0.15) is 5.56 Å². The van der Waals surface area contributed by atoms with Crippen molar-refractivity contribution in [3.05, 3.63) is 28.0 Å². The summed E-state index contributed by atoms with van der Waals surface area (Å²) in [7, 11) is 1.37. The summed E-state index contributed by atoms with van der Waals surface area (Å²) in [4.78, 5) is 10.5. The molecule has 1 aromatic rings. The first-order valence-electron chi connectivity index (χ1n) is 3.78. The summed E-state index contributed by atoms with van der Waals surface area (Å²) in [5.41, 5.74) is 0.438. The van der Waals surface area contributed by atoms with Crippen LogP contribution in [0.5, 0.6) is 5.75 Å². The molecule has 1 aromatic carbocycles. The molecule has 0 aliphatic rings. The van der Waals surface area contributed by atoms with Gasteiger partial charge in [-0.1, -0.05) is 0 Å². The summed E-state index contributed by atoms with van der Waals surface area (Å²) in [6.07, 6.45) is -0.192. The average molecular weight is 263 g/mol. The second-order valence-corrected chi connectivity index (χ2v) is 3.50. The Labute approximate surface area is 88.6 Å². The fourth-order valence-electron chi connectivity index (χ4n) is 1.06. The Kier molecular flexibility index (Phi) is 3.46. The van der Waals surface area contributed by atoms with Crippen molar-refractivity contribution in [2.75, 3.05) is 7.11 Å². The number of hydrogen-bond donors (Lipinski definition) is 1. The minimum absolute atomic E-state index is 0.192. The standard InChI is InChI=1S/C9H8BrFO3/c1-14-8-4-7(11)6(10)2-5(8)3-9(12)13/h2,4H,3H2,1H3,(H,12,13). The van der Waals surface area contributed by atoms with E-state index in [9.17, 15) is 9.18 Å². The van der Waals surface area contributed by atoms with Gasteiger partial charge in [-0.15, -0.1) is 0 Å². The molecule has 0 aromatic heterocycles. The maximum absolute atomic E-state index is 13.0. The molecule has 0 aliphatic heterocycles. The highest BCUT2D eigenvalue weighted by atomic mass is 79.9. The van der Waals surface area contributed by atoms with Gasteiger partial charge in [0.1, 0.15) is 11.6 Å². The van der Waals surface area contributed by atoms with Gasteiger partial charge in [0, 0.05) is 11.6 Å². The van der Waals surface area contributed by atoms with Gasteiger partial charge in [0.2, 0.25) is 0 Å². The fourth-order valence-corrected chi connectivity index (χ4v) is 1.45. The van der Waals surface area contributed by atoms with Crippen molar-refractivity contribution in [3.8, 4) is 5.75 Å². The first kappa shape index (κ1) is 11.0. The van der Waals surface area contributed by atoms with Crippen LogP contribution in [0, 0.1) is 5.82 Å². The van der Waals surface area contributed by atoms with Gasteiger partial charge < -0.3 is 9.84 Å². The molecule has 0 heterocycles. The average Bonchev–Trinajstić information content (AvgIpc) is 2.10. The number of benzene rings is 1. The van der Waals surface area contributed by atoms with Crippen LogP contribution in [0.4, 0.5) is 4.39 Å². The van der Waals surface area contributed by atoms with Crippen LogP contribution in [0.25, 0.3) is 0 Å². The summed E-state index contributed by atoms with van der Waals surface area (Å²) in [5, 5.41) is 8.58. The van der Waals surface area contributed by atoms with E-state index in [1.54, 1.807) is 0 Å². The molecule has 76 valence electrons. The molecule has 0 atom stereocenters. The minimum Gasteiger partial charge on any atom is -0.496 e. The number of carbonyl (C=O) groups is 1. The third-order valence-electron chi connectivity index (χ3n) is 1.67. The van der Waals surface area contributed by atoms with Crippen LogP contribution in [0.2, 0.25) is 0 Å². The van der Waals surface area contributed by atoms with Crippen molar-refractivity contribution in [3.63, 3.8) is 0 Å². The number of hydrogen-bond acceptors (Lipinski definition) is 2. The largest absolute Gasteiger partial charge is 0.496 e. The highest BCUT2D eigenvalue weighted by molar-refractivity contribution is 9.10. The Morgan fingerprint density at radius 3 is 2.79 bits per heavy atom. The molecule has 0 fully saturated rings. The van der Waals surface area contributed by atoms with Gasteiger partial charge in [-0.2, -0.15) is 0 Å². The van der Waals surface area contributed by atoms with E-state index in [1.807, 2.05) is 0 Å². The molecule has 0 saturated heterocycles. The monoisotopic (exact) mass is 262 g/mol. The lowest BCUT2D eigenvalue weighted by molar-refractivity contribution is -0.136. The van der Waals surface area contributed by atoms with E-state index < -0.39 is 11.8 Å². The van der Waals surface area contributed by atoms with E-state index in [2.05, 4.69) is 15.9 Å². The van der Waals surface area contributed by atoms with Crippen molar-refractivity contribution in [1.82, 2.24) is 0 Å². The van der Waals surface area contributed by atoms with Crippen molar-refractivity contribution < 1.29 is 19.0 Å². The molecule has 0 bridgehead atoms. The zero-order valence-electron chi connectivity index (χ0n) is 7.38. The molecule has 1 rings (SSSR count). The summed E-state index contributed by atoms with van der Waals surface area (Å²) in [6.45, 7) is 0. The van der Waals surface area contributed by atoms with E-state index in [1.165, 1.54) is 13.2 Å². The van der Waals surface area contributed by atoms with Gasteiger partial charge >= 0.3 is 5.97 Å². The number of ether oxygens (including phenoxy) is 1. The van der Waals surface area contributed by atoms with Gasteiger partial charge in [-0.3, -0.25) is 4.79 Å². The Hall–Kier alpha value is -1.10. The second kappa shape index (κ2) is 4.41. The minimum atomic E-state index is -0.984. The van der Waals surface area contributed by atoms with Crippen molar-refractivity contribution >= 4 is 21.9 Å². The lowest BCUT2D eigenvalue weighted by Crippen LogP contribution is -2.03. The normalized spacial score (nSPS) is 9.93. The van der Waals surface area contributed by atoms with Gasteiger partial charge in [0.25, 0.3) is 0 Å². The van der Waals surface area contributed by atoms with E-state index in [4.69, 9.17) is 9.84 Å². The number of aliphatic carboxylic acids is 1. The Morgan fingerprint density at radius 1 is 1.64 bits per heavy atom. The number of carboxylic acids is 1.